The Morgan fingerprint density at radius 3 is 2.48 bits per heavy atom. The van der Waals surface area contributed by atoms with Crippen molar-refractivity contribution in [2.75, 3.05) is 25.5 Å². The van der Waals surface area contributed by atoms with E-state index in [2.05, 4.69) is 11.9 Å². The molecule has 1 aliphatic heterocycles. The number of anilines is 1. The summed E-state index contributed by atoms with van der Waals surface area (Å²) in [6.07, 6.45) is 2.15. The van der Waals surface area contributed by atoms with E-state index in [1.54, 1.807) is 42.8 Å². The van der Waals surface area contributed by atoms with Crippen LogP contribution in [0.1, 0.15) is 25.8 Å². The highest BCUT2D eigenvalue weighted by atomic mass is 16.2. The Morgan fingerprint density at radius 2 is 1.88 bits per heavy atom. The Morgan fingerprint density at radius 1 is 1.24 bits per heavy atom. The summed E-state index contributed by atoms with van der Waals surface area (Å²) in [5.41, 5.74) is 0.886. The summed E-state index contributed by atoms with van der Waals surface area (Å²) in [6, 6.07) is 7.35. The Labute approximate surface area is 148 Å². The molecule has 1 saturated heterocycles. The van der Waals surface area contributed by atoms with E-state index in [0.29, 0.717) is 31.6 Å². The molecule has 0 atom stereocenters. The van der Waals surface area contributed by atoms with Gasteiger partial charge in [0, 0.05) is 32.2 Å². The maximum absolute atomic E-state index is 12.6. The predicted octanol–water partition coefficient (Wildman–Crippen LogP) is 1.82. The van der Waals surface area contributed by atoms with Gasteiger partial charge in [-0.3, -0.25) is 14.4 Å². The van der Waals surface area contributed by atoms with Crippen molar-refractivity contribution in [3.63, 3.8) is 0 Å². The third kappa shape index (κ3) is 4.26. The Hall–Kier alpha value is -2.63. The van der Waals surface area contributed by atoms with Crippen molar-refractivity contribution in [3.8, 4) is 0 Å². The van der Waals surface area contributed by atoms with Crippen molar-refractivity contribution < 1.29 is 14.4 Å². The van der Waals surface area contributed by atoms with E-state index in [1.807, 2.05) is 12.1 Å². The fourth-order valence-corrected chi connectivity index (χ4v) is 2.98. The SMILES string of the molecule is C=CC(=O)Nc1ccc(CCC(=O)N2CCN(C)C(=O)C2(C)C)cc1. The first-order valence-corrected chi connectivity index (χ1v) is 8.34. The molecular formula is C19H25N3O3. The fourth-order valence-electron chi connectivity index (χ4n) is 2.98. The largest absolute Gasteiger partial charge is 0.342 e. The quantitative estimate of drug-likeness (QED) is 0.829. The molecule has 0 unspecified atom stereocenters. The molecule has 2 rings (SSSR count). The van der Waals surface area contributed by atoms with Crippen LogP contribution in [0.2, 0.25) is 0 Å². The van der Waals surface area contributed by atoms with Crippen molar-refractivity contribution in [2.45, 2.75) is 32.2 Å². The van der Waals surface area contributed by atoms with Gasteiger partial charge in [-0.1, -0.05) is 18.7 Å². The number of piperazine rings is 1. The lowest BCUT2D eigenvalue weighted by Crippen LogP contribution is -2.63. The second-order valence-corrected chi connectivity index (χ2v) is 6.72. The zero-order valence-corrected chi connectivity index (χ0v) is 15.0. The Bertz CT molecular complexity index is 680. The average molecular weight is 343 g/mol. The number of amides is 3. The number of likely N-dealkylation sites (N-methyl/N-ethyl adjacent to an activating group) is 1. The zero-order valence-electron chi connectivity index (χ0n) is 15.0. The van der Waals surface area contributed by atoms with E-state index in [0.717, 1.165) is 5.56 Å². The van der Waals surface area contributed by atoms with Gasteiger partial charge in [-0.25, -0.2) is 0 Å². The molecule has 6 heteroatoms. The average Bonchev–Trinajstić information content (AvgIpc) is 2.58. The van der Waals surface area contributed by atoms with Gasteiger partial charge >= 0.3 is 0 Å². The first-order valence-electron chi connectivity index (χ1n) is 8.34. The van der Waals surface area contributed by atoms with Gasteiger partial charge < -0.3 is 15.1 Å². The molecule has 0 saturated carbocycles. The van der Waals surface area contributed by atoms with Crippen LogP contribution in [-0.4, -0.2) is 53.2 Å². The van der Waals surface area contributed by atoms with Gasteiger partial charge in [-0.05, 0) is 44.0 Å². The molecule has 0 bridgehead atoms. The summed E-state index contributed by atoms with van der Waals surface area (Å²) in [5.74, 6) is -0.310. The number of aryl methyl sites for hydroxylation is 1. The van der Waals surface area contributed by atoms with Crippen LogP contribution in [0.3, 0.4) is 0 Å². The van der Waals surface area contributed by atoms with Crippen LogP contribution in [0, 0.1) is 0 Å². The number of nitrogens with zero attached hydrogens (tertiary/aromatic N) is 2. The summed E-state index contributed by atoms with van der Waals surface area (Å²) in [7, 11) is 1.76. The van der Waals surface area contributed by atoms with Gasteiger partial charge in [0.25, 0.3) is 0 Å². The highest BCUT2D eigenvalue weighted by Crippen LogP contribution is 2.23. The second kappa shape index (κ2) is 7.51. The molecule has 0 aromatic heterocycles. The maximum Gasteiger partial charge on any atom is 0.247 e. The van der Waals surface area contributed by atoms with Crippen LogP contribution in [-0.2, 0) is 20.8 Å². The first kappa shape index (κ1) is 18.7. The molecule has 0 radical (unpaired) electrons. The third-order valence-corrected chi connectivity index (χ3v) is 4.54. The van der Waals surface area contributed by atoms with E-state index in [-0.39, 0.29) is 17.7 Å². The van der Waals surface area contributed by atoms with Crippen molar-refractivity contribution in [2.24, 2.45) is 0 Å². The molecule has 1 fully saturated rings. The molecular weight excluding hydrogens is 318 g/mol. The van der Waals surface area contributed by atoms with Crippen LogP contribution in [0.15, 0.2) is 36.9 Å². The molecule has 0 aliphatic carbocycles. The molecule has 1 heterocycles. The standard InChI is InChI=1S/C19H25N3O3/c1-5-16(23)20-15-9-6-14(7-10-15)8-11-17(24)22-13-12-21(4)18(25)19(22,2)3/h5-7,9-10H,1,8,11-13H2,2-4H3,(H,20,23). The molecule has 25 heavy (non-hydrogen) atoms. The molecule has 6 nitrogen and oxygen atoms in total. The lowest BCUT2D eigenvalue weighted by atomic mass is 9.96. The van der Waals surface area contributed by atoms with Crippen molar-refractivity contribution in [1.29, 1.82) is 0 Å². The minimum absolute atomic E-state index is 0.0181. The number of rotatable bonds is 5. The summed E-state index contributed by atoms with van der Waals surface area (Å²) in [6.45, 7) is 8.11. The van der Waals surface area contributed by atoms with Crippen molar-refractivity contribution >= 4 is 23.4 Å². The van der Waals surface area contributed by atoms with Gasteiger partial charge in [0.1, 0.15) is 5.54 Å². The number of nitrogens with one attached hydrogen (secondary N) is 1. The highest BCUT2D eigenvalue weighted by molar-refractivity contribution is 5.98. The van der Waals surface area contributed by atoms with Crippen molar-refractivity contribution in [1.82, 2.24) is 9.80 Å². The molecule has 1 N–H and O–H groups in total. The normalized spacial score (nSPS) is 16.5. The van der Waals surface area contributed by atoms with Crippen LogP contribution in [0.25, 0.3) is 0 Å². The number of hydrogen-bond donors (Lipinski definition) is 1. The summed E-state index contributed by atoms with van der Waals surface area (Å²) in [4.78, 5) is 39.5. The highest BCUT2D eigenvalue weighted by Gasteiger charge is 2.42. The first-order chi connectivity index (χ1) is 11.8. The number of benzene rings is 1. The molecule has 3 amide bonds. The zero-order chi connectivity index (χ0) is 18.6. The van der Waals surface area contributed by atoms with Crippen LogP contribution in [0.4, 0.5) is 5.69 Å². The van der Waals surface area contributed by atoms with Crippen LogP contribution < -0.4 is 5.32 Å². The predicted molar refractivity (Wildman–Crippen MR) is 97.0 cm³/mol. The molecule has 1 aliphatic rings. The van der Waals surface area contributed by atoms with Crippen molar-refractivity contribution in [3.05, 3.63) is 42.5 Å². The molecule has 1 aromatic rings. The van der Waals surface area contributed by atoms with Gasteiger partial charge in [-0.15, -0.1) is 0 Å². The molecule has 1 aromatic carbocycles. The smallest absolute Gasteiger partial charge is 0.247 e. The van der Waals surface area contributed by atoms with E-state index < -0.39 is 5.54 Å². The molecule has 134 valence electrons. The number of carbonyl (C=O) groups is 3. The number of hydrogen-bond acceptors (Lipinski definition) is 3. The van der Waals surface area contributed by atoms with Gasteiger partial charge in [-0.2, -0.15) is 0 Å². The Kier molecular flexibility index (Phi) is 5.62. The summed E-state index contributed by atoms with van der Waals surface area (Å²) < 4.78 is 0. The second-order valence-electron chi connectivity index (χ2n) is 6.72. The minimum Gasteiger partial charge on any atom is -0.342 e. The summed E-state index contributed by atoms with van der Waals surface area (Å²) in [5, 5.41) is 2.68. The monoisotopic (exact) mass is 343 g/mol. The topological polar surface area (TPSA) is 69.7 Å². The summed E-state index contributed by atoms with van der Waals surface area (Å²) >= 11 is 0. The lowest BCUT2D eigenvalue weighted by Gasteiger charge is -2.44. The van der Waals surface area contributed by atoms with Gasteiger partial charge in [0.2, 0.25) is 17.7 Å². The lowest BCUT2D eigenvalue weighted by molar-refractivity contribution is -0.157. The van der Waals surface area contributed by atoms with E-state index in [9.17, 15) is 14.4 Å². The number of carbonyl (C=O) groups excluding carboxylic acids is 3. The maximum atomic E-state index is 12.6. The van der Waals surface area contributed by atoms with Gasteiger partial charge in [0.15, 0.2) is 0 Å². The van der Waals surface area contributed by atoms with E-state index >= 15 is 0 Å². The fraction of sp³-hybridized carbons (Fsp3) is 0.421. The van der Waals surface area contributed by atoms with Crippen LogP contribution >= 0.6 is 0 Å². The molecule has 0 spiro atoms. The van der Waals surface area contributed by atoms with E-state index in [4.69, 9.17) is 0 Å². The minimum atomic E-state index is -0.803. The van der Waals surface area contributed by atoms with E-state index in [1.165, 1.54) is 6.08 Å². The Balaban J connectivity index is 1.94. The third-order valence-electron chi connectivity index (χ3n) is 4.54. The van der Waals surface area contributed by atoms with Gasteiger partial charge in [0.05, 0.1) is 0 Å². The van der Waals surface area contributed by atoms with Crippen LogP contribution in [0.5, 0.6) is 0 Å².